The maximum Gasteiger partial charge on any atom is 0.256 e. The van der Waals surface area contributed by atoms with E-state index in [1.165, 1.54) is 5.56 Å². The first-order valence-corrected chi connectivity index (χ1v) is 9.51. The third kappa shape index (κ3) is 3.43. The molecule has 2 aromatic carbocycles. The number of carbonyl (C=O) groups excluding carboxylic acids is 1. The number of rotatable bonds is 3. The number of amides is 1. The molecular formula is C22H24N4O. The third-order valence-corrected chi connectivity index (χ3v) is 5.31. The minimum absolute atomic E-state index is 0.0485. The van der Waals surface area contributed by atoms with Crippen LogP contribution < -0.4 is 0 Å². The molecule has 0 saturated carbocycles. The summed E-state index contributed by atoms with van der Waals surface area (Å²) in [4.78, 5) is 17.8. The van der Waals surface area contributed by atoms with E-state index in [1.54, 1.807) is 0 Å². The van der Waals surface area contributed by atoms with Gasteiger partial charge in [-0.3, -0.25) is 4.79 Å². The van der Waals surface area contributed by atoms with Gasteiger partial charge in [0.15, 0.2) is 0 Å². The second-order valence-electron chi connectivity index (χ2n) is 7.03. The second-order valence-corrected chi connectivity index (χ2v) is 7.03. The molecular weight excluding hydrogens is 336 g/mol. The summed E-state index contributed by atoms with van der Waals surface area (Å²) in [6, 6.07) is 15.9. The first kappa shape index (κ1) is 17.6. The quantitative estimate of drug-likeness (QED) is 0.718. The Hall–Kier alpha value is -2.79. The van der Waals surface area contributed by atoms with Crippen molar-refractivity contribution in [1.29, 1.82) is 0 Å². The van der Waals surface area contributed by atoms with Gasteiger partial charge in [-0.1, -0.05) is 55.0 Å². The fraction of sp³-hybridized carbons (Fsp3) is 0.318. The standard InChI is InChI=1S/C22H24N4O/c1-3-25-12-14-26(15-13-25)22(27)20-18-6-4-5-7-19(18)23-24-21(20)17-10-8-16(2)9-11-17/h4-11H,3,12-15H2,1-2H3. The van der Waals surface area contributed by atoms with Gasteiger partial charge in [-0.15, -0.1) is 10.2 Å². The second kappa shape index (κ2) is 7.45. The number of benzene rings is 2. The van der Waals surface area contributed by atoms with Gasteiger partial charge in [0.1, 0.15) is 5.69 Å². The Morgan fingerprint density at radius 2 is 1.67 bits per heavy atom. The van der Waals surface area contributed by atoms with Gasteiger partial charge in [-0.2, -0.15) is 0 Å². The molecule has 3 aromatic rings. The molecule has 0 N–H and O–H groups in total. The van der Waals surface area contributed by atoms with Crippen molar-refractivity contribution >= 4 is 16.8 Å². The van der Waals surface area contributed by atoms with Gasteiger partial charge >= 0.3 is 0 Å². The van der Waals surface area contributed by atoms with Crippen molar-refractivity contribution in [2.45, 2.75) is 13.8 Å². The summed E-state index contributed by atoms with van der Waals surface area (Å²) in [5.74, 6) is 0.0485. The Balaban J connectivity index is 1.80. The number of fused-ring (bicyclic) bond motifs is 1. The lowest BCUT2D eigenvalue weighted by molar-refractivity contribution is 0.0645. The molecule has 138 valence electrons. The number of carbonyl (C=O) groups is 1. The Morgan fingerprint density at radius 1 is 0.963 bits per heavy atom. The Bertz CT molecular complexity index is 960. The van der Waals surface area contributed by atoms with E-state index >= 15 is 0 Å². The number of hydrogen-bond donors (Lipinski definition) is 0. The van der Waals surface area contributed by atoms with Crippen molar-refractivity contribution in [1.82, 2.24) is 20.0 Å². The molecule has 5 nitrogen and oxygen atoms in total. The zero-order valence-corrected chi connectivity index (χ0v) is 15.9. The first-order valence-electron chi connectivity index (χ1n) is 9.51. The zero-order valence-electron chi connectivity index (χ0n) is 15.9. The molecule has 0 unspecified atom stereocenters. The van der Waals surface area contributed by atoms with E-state index in [0.29, 0.717) is 11.3 Å². The largest absolute Gasteiger partial charge is 0.336 e. The molecule has 5 heteroatoms. The summed E-state index contributed by atoms with van der Waals surface area (Å²) >= 11 is 0. The Kier molecular flexibility index (Phi) is 4.86. The lowest BCUT2D eigenvalue weighted by Crippen LogP contribution is -2.48. The fourth-order valence-corrected chi connectivity index (χ4v) is 3.61. The highest BCUT2D eigenvalue weighted by Crippen LogP contribution is 2.28. The van der Waals surface area contributed by atoms with Gasteiger partial charge in [0.05, 0.1) is 11.1 Å². The molecule has 1 aromatic heterocycles. The fourth-order valence-electron chi connectivity index (χ4n) is 3.61. The van der Waals surface area contributed by atoms with Crippen LogP contribution in [0, 0.1) is 6.92 Å². The van der Waals surface area contributed by atoms with E-state index in [4.69, 9.17) is 0 Å². The van der Waals surface area contributed by atoms with Crippen LogP contribution in [0.4, 0.5) is 0 Å². The SMILES string of the molecule is CCN1CCN(C(=O)c2c(-c3ccc(C)cc3)nnc3ccccc23)CC1. The van der Waals surface area contributed by atoms with E-state index in [-0.39, 0.29) is 5.91 Å². The Labute approximate surface area is 159 Å². The van der Waals surface area contributed by atoms with Gasteiger partial charge in [0.2, 0.25) is 0 Å². The normalized spacial score (nSPS) is 15.3. The lowest BCUT2D eigenvalue weighted by atomic mass is 10.00. The van der Waals surface area contributed by atoms with Crippen molar-refractivity contribution in [2.75, 3.05) is 32.7 Å². The molecule has 4 rings (SSSR count). The van der Waals surface area contributed by atoms with E-state index in [1.807, 2.05) is 53.4 Å². The molecule has 0 spiro atoms. The average Bonchev–Trinajstić information content (AvgIpc) is 2.73. The summed E-state index contributed by atoms with van der Waals surface area (Å²) in [5, 5.41) is 9.68. The summed E-state index contributed by atoms with van der Waals surface area (Å²) in [6.45, 7) is 8.56. The summed E-state index contributed by atoms with van der Waals surface area (Å²) in [6.07, 6.45) is 0. The highest BCUT2D eigenvalue weighted by atomic mass is 16.2. The summed E-state index contributed by atoms with van der Waals surface area (Å²) < 4.78 is 0. The minimum Gasteiger partial charge on any atom is -0.336 e. The molecule has 1 aliphatic rings. The van der Waals surface area contributed by atoms with Crippen molar-refractivity contribution in [3.8, 4) is 11.3 Å². The zero-order chi connectivity index (χ0) is 18.8. The molecule has 1 amide bonds. The maximum absolute atomic E-state index is 13.5. The van der Waals surface area contributed by atoms with Gasteiger partial charge in [0, 0.05) is 37.1 Å². The molecule has 1 saturated heterocycles. The van der Waals surface area contributed by atoms with E-state index < -0.39 is 0 Å². The minimum atomic E-state index is 0.0485. The summed E-state index contributed by atoms with van der Waals surface area (Å²) in [7, 11) is 0. The van der Waals surface area contributed by atoms with Crippen LogP contribution >= 0.6 is 0 Å². The maximum atomic E-state index is 13.5. The van der Waals surface area contributed by atoms with Crippen molar-refractivity contribution < 1.29 is 4.79 Å². The summed E-state index contributed by atoms with van der Waals surface area (Å²) in [5.41, 5.74) is 4.18. The van der Waals surface area contributed by atoms with Crippen LogP contribution in [0.25, 0.3) is 22.2 Å². The Morgan fingerprint density at radius 3 is 2.37 bits per heavy atom. The number of nitrogens with zero attached hydrogens (tertiary/aromatic N) is 4. The smallest absolute Gasteiger partial charge is 0.256 e. The monoisotopic (exact) mass is 360 g/mol. The molecule has 1 aliphatic heterocycles. The first-order chi connectivity index (χ1) is 13.2. The molecule has 1 fully saturated rings. The number of aryl methyl sites for hydroxylation is 1. The molecule has 0 radical (unpaired) electrons. The lowest BCUT2D eigenvalue weighted by Gasteiger charge is -2.34. The molecule has 0 atom stereocenters. The topological polar surface area (TPSA) is 49.3 Å². The molecule has 0 aliphatic carbocycles. The van der Waals surface area contributed by atoms with Gasteiger partial charge < -0.3 is 9.80 Å². The number of likely N-dealkylation sites (N-methyl/N-ethyl adjacent to an activating group) is 1. The number of piperazine rings is 1. The predicted molar refractivity (Wildman–Crippen MR) is 108 cm³/mol. The average molecular weight is 360 g/mol. The van der Waals surface area contributed by atoms with Crippen LogP contribution in [0.5, 0.6) is 0 Å². The van der Waals surface area contributed by atoms with Crippen molar-refractivity contribution in [3.63, 3.8) is 0 Å². The third-order valence-electron chi connectivity index (χ3n) is 5.31. The number of aromatic nitrogens is 2. The predicted octanol–water partition coefficient (Wildman–Crippen LogP) is 3.38. The molecule has 0 bridgehead atoms. The van der Waals surface area contributed by atoms with Crippen LogP contribution in [0.1, 0.15) is 22.8 Å². The van der Waals surface area contributed by atoms with E-state index in [0.717, 1.165) is 49.2 Å². The van der Waals surface area contributed by atoms with Crippen molar-refractivity contribution in [2.24, 2.45) is 0 Å². The van der Waals surface area contributed by atoms with Crippen LogP contribution in [0.15, 0.2) is 48.5 Å². The van der Waals surface area contributed by atoms with Crippen molar-refractivity contribution in [3.05, 3.63) is 59.7 Å². The van der Waals surface area contributed by atoms with Crippen LogP contribution in [-0.2, 0) is 0 Å². The molecule has 2 heterocycles. The molecule has 27 heavy (non-hydrogen) atoms. The van der Waals surface area contributed by atoms with Gasteiger partial charge in [-0.25, -0.2) is 0 Å². The highest BCUT2D eigenvalue weighted by molar-refractivity contribution is 6.10. The van der Waals surface area contributed by atoms with Crippen LogP contribution in [-0.4, -0.2) is 58.6 Å². The van der Waals surface area contributed by atoms with Crippen LogP contribution in [0.2, 0.25) is 0 Å². The highest BCUT2D eigenvalue weighted by Gasteiger charge is 2.26. The van der Waals surface area contributed by atoms with Crippen LogP contribution in [0.3, 0.4) is 0 Å². The van der Waals surface area contributed by atoms with E-state index in [9.17, 15) is 4.79 Å². The van der Waals surface area contributed by atoms with Gasteiger partial charge in [0.25, 0.3) is 5.91 Å². The van der Waals surface area contributed by atoms with E-state index in [2.05, 4.69) is 28.9 Å². The van der Waals surface area contributed by atoms with Gasteiger partial charge in [-0.05, 0) is 19.5 Å². The number of hydrogen-bond acceptors (Lipinski definition) is 4.